The Morgan fingerprint density at radius 2 is 1.79 bits per heavy atom. The maximum atomic E-state index is 12.2. The van der Waals surface area contributed by atoms with Crippen LogP contribution in [0.25, 0.3) is 10.8 Å². The van der Waals surface area contributed by atoms with Crippen LogP contribution in [0.1, 0.15) is 0 Å². The molecule has 2 N–H and O–H groups in total. The van der Waals surface area contributed by atoms with Crippen molar-refractivity contribution in [2.75, 3.05) is 13.6 Å². The topological polar surface area (TPSA) is 80.5 Å². The third-order valence-electron chi connectivity index (χ3n) is 2.81. The summed E-state index contributed by atoms with van der Waals surface area (Å²) in [4.78, 5) is 11.0. The summed E-state index contributed by atoms with van der Waals surface area (Å²) in [5, 5.41) is 1.79. The fourth-order valence-electron chi connectivity index (χ4n) is 1.81. The van der Waals surface area contributed by atoms with Gasteiger partial charge in [0.25, 0.3) is 0 Å². The van der Waals surface area contributed by atoms with Crippen LogP contribution >= 0.6 is 0 Å². The molecule has 0 saturated carbocycles. The van der Waals surface area contributed by atoms with Crippen molar-refractivity contribution in [1.29, 1.82) is 0 Å². The molecule has 0 fully saturated rings. The molecule has 0 heterocycles. The Bertz CT molecular complexity index is 726. The molecule has 0 unspecified atom stereocenters. The molecule has 5 nitrogen and oxygen atoms in total. The molecule has 0 aliphatic carbocycles. The number of hydrogen-bond donors (Lipinski definition) is 1. The van der Waals surface area contributed by atoms with E-state index in [4.69, 9.17) is 5.73 Å². The van der Waals surface area contributed by atoms with Crippen LogP contribution < -0.4 is 5.73 Å². The van der Waals surface area contributed by atoms with Crippen LogP contribution in [0.15, 0.2) is 47.4 Å². The fraction of sp³-hybridized carbons (Fsp3) is 0.154. The van der Waals surface area contributed by atoms with Gasteiger partial charge < -0.3 is 5.73 Å². The number of amides is 1. The second-order valence-corrected chi connectivity index (χ2v) is 6.28. The third-order valence-corrected chi connectivity index (χ3v) is 4.61. The molecule has 19 heavy (non-hydrogen) atoms. The molecule has 1 amide bonds. The van der Waals surface area contributed by atoms with Gasteiger partial charge in [0, 0.05) is 7.05 Å². The van der Waals surface area contributed by atoms with Crippen molar-refractivity contribution in [3.63, 3.8) is 0 Å². The molecule has 0 saturated heterocycles. The summed E-state index contributed by atoms with van der Waals surface area (Å²) in [6.07, 6.45) is 0. The number of benzene rings is 2. The van der Waals surface area contributed by atoms with Crippen LogP contribution in [-0.2, 0) is 14.8 Å². The minimum absolute atomic E-state index is 0.148. The highest BCUT2D eigenvalue weighted by Gasteiger charge is 2.22. The number of rotatable bonds is 4. The van der Waals surface area contributed by atoms with Crippen molar-refractivity contribution in [2.45, 2.75) is 4.90 Å². The predicted octanol–water partition coefficient (Wildman–Crippen LogP) is 0.946. The van der Waals surface area contributed by atoms with Gasteiger partial charge in [-0.2, -0.15) is 4.31 Å². The van der Waals surface area contributed by atoms with Gasteiger partial charge in [0.2, 0.25) is 15.9 Å². The summed E-state index contributed by atoms with van der Waals surface area (Å²) in [5.41, 5.74) is 5.01. The monoisotopic (exact) mass is 278 g/mol. The molecule has 0 aromatic heterocycles. The van der Waals surface area contributed by atoms with E-state index in [0.717, 1.165) is 15.1 Å². The zero-order valence-corrected chi connectivity index (χ0v) is 11.2. The predicted molar refractivity (Wildman–Crippen MR) is 73.0 cm³/mol. The summed E-state index contributed by atoms with van der Waals surface area (Å²) >= 11 is 0. The van der Waals surface area contributed by atoms with Crippen LogP contribution in [0.5, 0.6) is 0 Å². The first-order valence-electron chi connectivity index (χ1n) is 5.65. The maximum Gasteiger partial charge on any atom is 0.243 e. The van der Waals surface area contributed by atoms with Crippen molar-refractivity contribution < 1.29 is 13.2 Å². The third kappa shape index (κ3) is 2.74. The van der Waals surface area contributed by atoms with E-state index in [1.807, 2.05) is 24.3 Å². The quantitative estimate of drug-likeness (QED) is 0.904. The normalized spacial score (nSPS) is 11.9. The van der Waals surface area contributed by atoms with Crippen molar-refractivity contribution in [2.24, 2.45) is 5.73 Å². The lowest BCUT2D eigenvalue weighted by Gasteiger charge is -2.15. The Morgan fingerprint density at radius 1 is 1.16 bits per heavy atom. The van der Waals surface area contributed by atoms with Gasteiger partial charge in [-0.15, -0.1) is 0 Å². The Labute approximate surface area is 111 Å². The molecule has 6 heteroatoms. The number of nitrogens with zero attached hydrogens (tertiary/aromatic N) is 1. The highest BCUT2D eigenvalue weighted by atomic mass is 32.2. The average molecular weight is 278 g/mol. The number of carbonyl (C=O) groups is 1. The summed E-state index contributed by atoms with van der Waals surface area (Å²) in [6.45, 7) is -0.338. The van der Waals surface area contributed by atoms with E-state index in [2.05, 4.69) is 0 Å². The van der Waals surface area contributed by atoms with Gasteiger partial charge in [-0.05, 0) is 22.9 Å². The Morgan fingerprint density at radius 3 is 2.42 bits per heavy atom. The molecule has 2 aromatic carbocycles. The van der Waals surface area contributed by atoms with Gasteiger partial charge in [-0.3, -0.25) is 4.79 Å². The molecule has 0 bridgehead atoms. The van der Waals surface area contributed by atoms with E-state index in [1.165, 1.54) is 13.1 Å². The molecule has 0 aliphatic heterocycles. The fourth-order valence-corrected chi connectivity index (χ4v) is 2.99. The van der Waals surface area contributed by atoms with Gasteiger partial charge in [0.05, 0.1) is 11.4 Å². The van der Waals surface area contributed by atoms with Gasteiger partial charge >= 0.3 is 0 Å². The van der Waals surface area contributed by atoms with Crippen molar-refractivity contribution >= 4 is 26.7 Å². The van der Waals surface area contributed by atoms with Gasteiger partial charge in [-0.25, -0.2) is 8.42 Å². The van der Waals surface area contributed by atoms with Crippen molar-refractivity contribution in [3.05, 3.63) is 42.5 Å². The van der Waals surface area contributed by atoms with Crippen molar-refractivity contribution in [1.82, 2.24) is 4.31 Å². The molecule has 100 valence electrons. The highest BCUT2D eigenvalue weighted by molar-refractivity contribution is 7.89. The second kappa shape index (κ2) is 4.99. The first-order chi connectivity index (χ1) is 8.91. The van der Waals surface area contributed by atoms with E-state index in [-0.39, 0.29) is 11.4 Å². The number of likely N-dealkylation sites (N-methyl/N-ethyl adjacent to an activating group) is 1. The minimum Gasteiger partial charge on any atom is -0.369 e. The lowest BCUT2D eigenvalue weighted by atomic mass is 10.1. The van der Waals surface area contributed by atoms with E-state index >= 15 is 0 Å². The number of nitrogens with two attached hydrogens (primary N) is 1. The van der Waals surface area contributed by atoms with Crippen molar-refractivity contribution in [3.8, 4) is 0 Å². The maximum absolute atomic E-state index is 12.2. The number of sulfonamides is 1. The average Bonchev–Trinajstić information content (AvgIpc) is 2.37. The van der Waals surface area contributed by atoms with E-state index in [0.29, 0.717) is 0 Å². The number of primary amides is 1. The molecular weight excluding hydrogens is 264 g/mol. The molecule has 0 radical (unpaired) electrons. The van der Waals surface area contributed by atoms with Gasteiger partial charge in [-0.1, -0.05) is 30.3 Å². The summed E-state index contributed by atoms with van der Waals surface area (Å²) in [5.74, 6) is -0.688. The SMILES string of the molecule is CN(CC(N)=O)S(=O)(=O)c1ccc2ccccc2c1. The molecule has 0 atom stereocenters. The molecule has 2 rings (SSSR count). The van der Waals surface area contributed by atoms with E-state index in [1.54, 1.807) is 12.1 Å². The minimum atomic E-state index is -3.69. The Balaban J connectivity index is 2.45. The molecular formula is C13H14N2O3S. The summed E-state index contributed by atoms with van der Waals surface area (Å²) in [7, 11) is -2.36. The van der Waals surface area contributed by atoms with Crippen LogP contribution in [0.4, 0.5) is 0 Å². The highest BCUT2D eigenvalue weighted by Crippen LogP contribution is 2.20. The van der Waals surface area contributed by atoms with Crippen LogP contribution in [0.2, 0.25) is 0 Å². The van der Waals surface area contributed by atoms with Crippen LogP contribution in [0, 0.1) is 0 Å². The van der Waals surface area contributed by atoms with Gasteiger partial charge in [0.15, 0.2) is 0 Å². The van der Waals surface area contributed by atoms with Crippen LogP contribution in [-0.4, -0.2) is 32.2 Å². The first-order valence-corrected chi connectivity index (χ1v) is 7.09. The molecule has 2 aromatic rings. The number of carbonyl (C=O) groups excluding carboxylic acids is 1. The first kappa shape index (κ1) is 13.5. The van der Waals surface area contributed by atoms with Crippen LogP contribution in [0.3, 0.4) is 0 Å². The zero-order valence-electron chi connectivity index (χ0n) is 10.4. The lowest BCUT2D eigenvalue weighted by Crippen LogP contribution is -2.35. The number of fused-ring (bicyclic) bond motifs is 1. The molecule has 0 aliphatic rings. The number of hydrogen-bond acceptors (Lipinski definition) is 3. The Hall–Kier alpha value is -1.92. The second-order valence-electron chi connectivity index (χ2n) is 4.24. The summed E-state index contributed by atoms with van der Waals surface area (Å²) < 4.78 is 25.4. The molecule has 0 spiro atoms. The largest absolute Gasteiger partial charge is 0.369 e. The van der Waals surface area contributed by atoms with Gasteiger partial charge in [0.1, 0.15) is 0 Å². The van der Waals surface area contributed by atoms with E-state index < -0.39 is 15.9 Å². The standard InChI is InChI=1S/C13H14N2O3S/c1-15(9-13(14)16)19(17,18)12-7-6-10-4-2-3-5-11(10)8-12/h2-8H,9H2,1H3,(H2,14,16). The Kier molecular flexibility index (Phi) is 3.55. The summed E-state index contributed by atoms with van der Waals surface area (Å²) in [6, 6.07) is 12.3. The van der Waals surface area contributed by atoms with E-state index in [9.17, 15) is 13.2 Å². The zero-order chi connectivity index (χ0) is 14.0. The smallest absolute Gasteiger partial charge is 0.243 e. The lowest BCUT2D eigenvalue weighted by molar-refractivity contribution is -0.118.